The van der Waals surface area contributed by atoms with E-state index in [1.807, 2.05) is 0 Å². The van der Waals surface area contributed by atoms with Crippen molar-refractivity contribution in [1.29, 1.82) is 0 Å². The van der Waals surface area contributed by atoms with Gasteiger partial charge in [0.15, 0.2) is 0 Å². The molecule has 13 heavy (non-hydrogen) atoms. The van der Waals surface area contributed by atoms with E-state index < -0.39 is 17.0 Å². The van der Waals surface area contributed by atoms with Crippen molar-refractivity contribution in [3.8, 4) is 0 Å². The lowest BCUT2D eigenvalue weighted by atomic mass is 10.5. The van der Waals surface area contributed by atoms with E-state index in [0.29, 0.717) is 0 Å². The number of hydrogen-bond donors (Lipinski definition) is 1. The maximum Gasteiger partial charge on any atom is 0.417 e. The van der Waals surface area contributed by atoms with Gasteiger partial charge in [-0.15, -0.1) is 10.1 Å². The second-order valence-electron chi connectivity index (χ2n) is 1.85. The fraction of sp³-hybridized carbons (Fsp3) is 0.600. The zero-order valence-electron chi connectivity index (χ0n) is 6.47. The molecule has 0 aromatic carbocycles. The Balaban J connectivity index is 3.31. The third-order valence-electron chi connectivity index (χ3n) is 0.893. The summed E-state index contributed by atoms with van der Waals surface area (Å²) in [5.74, 6) is -3.09. The maximum atomic E-state index is 10.2. The molecule has 8 heteroatoms. The molecule has 8 nitrogen and oxygen atoms in total. The number of carbonyl (C=O) groups is 2. The number of hydrogen-bond acceptors (Lipinski definition) is 6. The van der Waals surface area contributed by atoms with Crippen LogP contribution in [0.2, 0.25) is 0 Å². The van der Waals surface area contributed by atoms with Crippen molar-refractivity contribution in [2.24, 2.45) is 0 Å². The minimum absolute atomic E-state index is 0.0694. The third kappa shape index (κ3) is 6.53. The Labute approximate surface area is 72.2 Å². The second kappa shape index (κ2) is 5.75. The Hall–Kier alpha value is -1.86. The van der Waals surface area contributed by atoms with Gasteiger partial charge in [-0.05, 0) is 0 Å². The topological polar surface area (TPSA) is 116 Å². The molecule has 0 aliphatic rings. The van der Waals surface area contributed by atoms with Gasteiger partial charge in [0.25, 0.3) is 5.09 Å². The molecule has 0 rings (SSSR count). The van der Waals surface area contributed by atoms with Gasteiger partial charge in [0.1, 0.15) is 0 Å². The van der Waals surface area contributed by atoms with Crippen LogP contribution >= 0.6 is 0 Å². The molecule has 0 bridgehead atoms. The Morgan fingerprint density at radius 1 is 1.38 bits per heavy atom. The van der Waals surface area contributed by atoms with Gasteiger partial charge >= 0.3 is 11.9 Å². The van der Waals surface area contributed by atoms with Crippen LogP contribution in [0, 0.1) is 10.1 Å². The quantitative estimate of drug-likeness (QED) is 0.200. The molecular weight excluding hydrogens is 186 g/mol. The van der Waals surface area contributed by atoms with Gasteiger partial charge in [0.05, 0.1) is 13.2 Å². The summed E-state index contributed by atoms with van der Waals surface area (Å²) in [6.07, 6.45) is 0.0694. The van der Waals surface area contributed by atoms with Gasteiger partial charge in [0.2, 0.25) is 0 Å². The van der Waals surface area contributed by atoms with Crippen molar-refractivity contribution in [3.63, 3.8) is 0 Å². The molecule has 0 amide bonds. The van der Waals surface area contributed by atoms with Crippen molar-refractivity contribution in [2.45, 2.75) is 6.42 Å². The summed E-state index contributed by atoms with van der Waals surface area (Å²) < 4.78 is 4.14. The first-order valence-corrected chi connectivity index (χ1v) is 3.21. The van der Waals surface area contributed by atoms with E-state index in [4.69, 9.17) is 5.11 Å². The lowest BCUT2D eigenvalue weighted by molar-refractivity contribution is -0.757. The number of carboxylic acid groups (broad SMARTS) is 1. The van der Waals surface area contributed by atoms with Crippen LogP contribution < -0.4 is 0 Å². The summed E-state index contributed by atoms with van der Waals surface area (Å²) in [6.45, 7) is -0.459. The molecule has 0 saturated carbocycles. The van der Waals surface area contributed by atoms with Crippen molar-refractivity contribution in [2.75, 3.05) is 13.2 Å². The second-order valence-corrected chi connectivity index (χ2v) is 1.85. The van der Waals surface area contributed by atoms with Crippen LogP contribution in [0.4, 0.5) is 0 Å². The Morgan fingerprint density at radius 2 is 2.00 bits per heavy atom. The van der Waals surface area contributed by atoms with Gasteiger partial charge in [-0.25, -0.2) is 9.59 Å². The van der Waals surface area contributed by atoms with E-state index in [1.165, 1.54) is 0 Å². The molecule has 0 aliphatic carbocycles. The highest BCUT2D eigenvalue weighted by atomic mass is 16.9. The maximum absolute atomic E-state index is 10.2. The molecule has 0 heterocycles. The summed E-state index contributed by atoms with van der Waals surface area (Å²) in [5.41, 5.74) is 0. The summed E-state index contributed by atoms with van der Waals surface area (Å²) in [7, 11) is 0. The number of esters is 1. The van der Waals surface area contributed by atoms with Crippen LogP contribution in [0.5, 0.6) is 0 Å². The fourth-order valence-electron chi connectivity index (χ4n) is 0.425. The van der Waals surface area contributed by atoms with E-state index in [2.05, 4.69) is 9.57 Å². The molecule has 1 N–H and O–H groups in total. The Morgan fingerprint density at radius 3 is 2.46 bits per heavy atom. The summed E-state index contributed by atoms with van der Waals surface area (Å²) >= 11 is 0. The van der Waals surface area contributed by atoms with Gasteiger partial charge < -0.3 is 14.7 Å². The first-order valence-electron chi connectivity index (χ1n) is 3.21. The predicted octanol–water partition coefficient (Wildman–Crippen LogP) is -0.787. The average Bonchev–Trinajstić information content (AvgIpc) is 2.02. The highest BCUT2D eigenvalue weighted by molar-refractivity contribution is 6.28. The molecule has 0 atom stereocenters. The number of aliphatic carboxylic acids is 1. The number of carboxylic acids is 1. The van der Waals surface area contributed by atoms with Gasteiger partial charge in [-0.2, -0.15) is 0 Å². The average molecular weight is 193 g/mol. The molecule has 0 unspecified atom stereocenters. The van der Waals surface area contributed by atoms with E-state index in [0.717, 1.165) is 0 Å². The summed E-state index contributed by atoms with van der Waals surface area (Å²) in [5, 5.41) is 16.6. The summed E-state index contributed by atoms with van der Waals surface area (Å²) in [4.78, 5) is 33.6. The van der Waals surface area contributed by atoms with Crippen LogP contribution in [0.1, 0.15) is 6.42 Å². The largest absolute Gasteiger partial charge is 0.473 e. The number of carbonyl (C=O) groups excluding carboxylic acids is 1. The summed E-state index contributed by atoms with van der Waals surface area (Å²) in [6, 6.07) is 0. The van der Waals surface area contributed by atoms with E-state index >= 15 is 0 Å². The monoisotopic (exact) mass is 193 g/mol. The highest BCUT2D eigenvalue weighted by Crippen LogP contribution is 1.86. The predicted molar refractivity (Wildman–Crippen MR) is 36.2 cm³/mol. The van der Waals surface area contributed by atoms with Gasteiger partial charge in [-0.3, -0.25) is 0 Å². The van der Waals surface area contributed by atoms with Crippen molar-refractivity contribution in [1.82, 2.24) is 0 Å². The molecular formula is C5H7NO7. The van der Waals surface area contributed by atoms with E-state index in [9.17, 15) is 19.7 Å². The molecule has 0 fully saturated rings. The molecule has 0 saturated heterocycles. The fourth-order valence-corrected chi connectivity index (χ4v) is 0.425. The van der Waals surface area contributed by atoms with Crippen molar-refractivity contribution in [3.05, 3.63) is 10.1 Å². The van der Waals surface area contributed by atoms with Crippen molar-refractivity contribution < 1.29 is 29.4 Å². The van der Waals surface area contributed by atoms with E-state index in [1.54, 1.807) is 0 Å². The molecule has 0 radical (unpaired) electrons. The normalized spacial score (nSPS) is 8.92. The first-order chi connectivity index (χ1) is 6.04. The molecule has 0 aliphatic heterocycles. The Kier molecular flexibility index (Phi) is 4.93. The SMILES string of the molecule is O=C(O)C(=O)OCCCO[N+](=O)[O-]. The first kappa shape index (κ1) is 11.1. The van der Waals surface area contributed by atoms with Crippen LogP contribution in [0.3, 0.4) is 0 Å². The molecule has 74 valence electrons. The smallest absolute Gasteiger partial charge is 0.417 e. The highest BCUT2D eigenvalue weighted by Gasteiger charge is 2.11. The van der Waals surface area contributed by atoms with Crippen LogP contribution in [-0.2, 0) is 19.2 Å². The molecule has 0 spiro atoms. The third-order valence-corrected chi connectivity index (χ3v) is 0.893. The number of rotatable bonds is 5. The molecule has 0 aromatic rings. The zero-order chi connectivity index (χ0) is 10.3. The van der Waals surface area contributed by atoms with Gasteiger partial charge in [0, 0.05) is 6.42 Å². The molecule has 0 aromatic heterocycles. The van der Waals surface area contributed by atoms with Crippen LogP contribution in [0.25, 0.3) is 0 Å². The number of ether oxygens (including phenoxy) is 1. The minimum Gasteiger partial charge on any atom is -0.473 e. The standard InChI is InChI=1S/C5H7NO7/c7-4(8)5(9)12-2-1-3-13-6(10)11/h1-3H2,(H,7,8). The van der Waals surface area contributed by atoms with Crippen molar-refractivity contribution >= 4 is 11.9 Å². The Bertz CT molecular complexity index is 213. The zero-order valence-corrected chi connectivity index (χ0v) is 6.47. The van der Waals surface area contributed by atoms with Gasteiger partial charge in [-0.1, -0.05) is 0 Å². The lowest BCUT2D eigenvalue weighted by Gasteiger charge is -1.99. The minimum atomic E-state index is -1.70. The lowest BCUT2D eigenvalue weighted by Crippen LogP contribution is -2.17. The van der Waals surface area contributed by atoms with Crippen LogP contribution in [0.15, 0.2) is 0 Å². The van der Waals surface area contributed by atoms with E-state index in [-0.39, 0.29) is 19.6 Å². The van der Waals surface area contributed by atoms with Crippen LogP contribution in [-0.4, -0.2) is 35.3 Å². The number of nitrogens with zero attached hydrogens (tertiary/aromatic N) is 1.